The fourth-order valence-corrected chi connectivity index (χ4v) is 2.95. The number of benzene rings is 1. The molecule has 2 rings (SSSR count). The van der Waals surface area contributed by atoms with Crippen LogP contribution in [0.3, 0.4) is 0 Å². The van der Waals surface area contributed by atoms with Gasteiger partial charge in [0, 0.05) is 6.08 Å². The monoisotopic (exact) mass is 291 g/mol. The average Bonchev–Trinajstić information content (AvgIpc) is 3.10. The molecule has 0 saturated heterocycles. The second kappa shape index (κ2) is 4.88. The summed E-state index contributed by atoms with van der Waals surface area (Å²) in [6, 6.07) is 5.98. The van der Waals surface area contributed by atoms with E-state index in [0.29, 0.717) is 12.8 Å². The molecule has 1 aliphatic rings. The van der Waals surface area contributed by atoms with Crippen LogP contribution < -0.4 is 4.72 Å². The average molecular weight is 291 g/mol. The highest BCUT2D eigenvalue weighted by atomic mass is 32.2. The van der Waals surface area contributed by atoms with Crippen molar-refractivity contribution in [3.05, 3.63) is 35.9 Å². The molecule has 3 nitrogen and oxygen atoms in total. The predicted octanol–water partition coefficient (Wildman–Crippen LogP) is 3.17. The maximum atomic E-state index is 12.1. The first-order valence-electron chi connectivity index (χ1n) is 5.64. The van der Waals surface area contributed by atoms with Gasteiger partial charge in [0.1, 0.15) is 0 Å². The highest BCUT2D eigenvalue weighted by molar-refractivity contribution is 7.93. The number of para-hydroxylation sites is 1. The first-order chi connectivity index (χ1) is 8.78. The molecule has 1 fully saturated rings. The fraction of sp³-hybridized carbons (Fsp3) is 0.333. The van der Waals surface area contributed by atoms with Crippen LogP contribution in [0, 0.1) is 0 Å². The highest BCUT2D eigenvalue weighted by Crippen LogP contribution is 2.31. The van der Waals surface area contributed by atoms with Crippen molar-refractivity contribution in [3.8, 4) is 0 Å². The van der Waals surface area contributed by atoms with Crippen LogP contribution in [-0.4, -0.2) is 19.8 Å². The number of rotatable bonds is 4. The molecule has 0 atom stereocenters. The Hall–Kier alpha value is -1.50. The Labute approximate surface area is 109 Å². The third-order valence-corrected chi connectivity index (χ3v) is 4.48. The topological polar surface area (TPSA) is 46.2 Å². The summed E-state index contributed by atoms with van der Waals surface area (Å²) in [6.07, 6.45) is -2.31. The van der Waals surface area contributed by atoms with Gasteiger partial charge in [-0.1, -0.05) is 18.2 Å². The Morgan fingerprint density at radius 1 is 1.21 bits per heavy atom. The summed E-state index contributed by atoms with van der Waals surface area (Å²) < 4.78 is 62.2. The van der Waals surface area contributed by atoms with Crippen LogP contribution in [0.25, 0.3) is 6.08 Å². The van der Waals surface area contributed by atoms with Crippen molar-refractivity contribution < 1.29 is 21.6 Å². The largest absolute Gasteiger partial charge is 0.409 e. The van der Waals surface area contributed by atoms with Gasteiger partial charge in [-0.15, -0.1) is 0 Å². The highest BCUT2D eigenvalue weighted by Gasteiger charge is 2.35. The quantitative estimate of drug-likeness (QED) is 0.926. The lowest BCUT2D eigenvalue weighted by atomic mass is 10.1. The number of hydrogen-bond donors (Lipinski definition) is 1. The Morgan fingerprint density at radius 2 is 1.84 bits per heavy atom. The molecule has 1 N–H and O–H groups in total. The van der Waals surface area contributed by atoms with Crippen LogP contribution in [0.4, 0.5) is 18.9 Å². The molecule has 1 aromatic rings. The number of anilines is 1. The summed E-state index contributed by atoms with van der Waals surface area (Å²) in [6.45, 7) is 0. The van der Waals surface area contributed by atoms with Gasteiger partial charge in [0.15, 0.2) is 0 Å². The van der Waals surface area contributed by atoms with E-state index < -0.39 is 21.4 Å². The van der Waals surface area contributed by atoms with Crippen molar-refractivity contribution in [1.82, 2.24) is 0 Å². The molecule has 0 bridgehead atoms. The molecule has 19 heavy (non-hydrogen) atoms. The maximum absolute atomic E-state index is 12.1. The number of allylic oxidation sites excluding steroid dienone is 1. The fourth-order valence-electron chi connectivity index (χ4n) is 1.53. The Bertz CT molecular complexity index is 589. The van der Waals surface area contributed by atoms with Crippen molar-refractivity contribution in [1.29, 1.82) is 0 Å². The molecule has 0 unspecified atom stereocenters. The van der Waals surface area contributed by atoms with Gasteiger partial charge in [-0.25, -0.2) is 8.42 Å². The standard InChI is InChI=1S/C12H12F3NO2S/c13-12(14,15)8-7-9-3-1-2-4-11(9)16-19(17,18)10-5-6-10/h1-4,7-8,10,16H,5-6H2/b8-7+. The van der Waals surface area contributed by atoms with E-state index in [4.69, 9.17) is 0 Å². The molecule has 1 aliphatic carbocycles. The molecule has 0 radical (unpaired) electrons. The molecule has 0 spiro atoms. The van der Waals surface area contributed by atoms with E-state index in [1.165, 1.54) is 12.1 Å². The molecule has 1 aromatic carbocycles. The zero-order valence-electron chi connectivity index (χ0n) is 9.81. The Kier molecular flexibility index (Phi) is 3.58. The minimum absolute atomic E-state index is 0.0806. The van der Waals surface area contributed by atoms with Gasteiger partial charge in [0.05, 0.1) is 10.9 Å². The number of nitrogens with one attached hydrogen (secondary N) is 1. The zero-order valence-corrected chi connectivity index (χ0v) is 10.6. The summed E-state index contributed by atoms with van der Waals surface area (Å²) in [5, 5.41) is -0.424. The molecular weight excluding hydrogens is 279 g/mol. The first kappa shape index (κ1) is 13.9. The molecule has 7 heteroatoms. The third-order valence-electron chi connectivity index (χ3n) is 2.63. The summed E-state index contributed by atoms with van der Waals surface area (Å²) in [7, 11) is -3.48. The van der Waals surface area contributed by atoms with Gasteiger partial charge >= 0.3 is 6.18 Å². The predicted molar refractivity (Wildman–Crippen MR) is 67.1 cm³/mol. The molecule has 0 amide bonds. The molecule has 0 aliphatic heterocycles. The molecule has 0 heterocycles. The lowest BCUT2D eigenvalue weighted by Crippen LogP contribution is -2.17. The van der Waals surface area contributed by atoms with Crippen LogP contribution in [0.5, 0.6) is 0 Å². The first-order valence-corrected chi connectivity index (χ1v) is 7.19. The van der Waals surface area contributed by atoms with E-state index in [1.54, 1.807) is 12.1 Å². The van der Waals surface area contributed by atoms with E-state index in [0.717, 1.165) is 6.08 Å². The van der Waals surface area contributed by atoms with Gasteiger partial charge in [-0.05, 0) is 30.5 Å². The number of alkyl halides is 3. The minimum Gasteiger partial charge on any atom is -0.283 e. The van der Waals surface area contributed by atoms with Crippen LogP contribution in [0.15, 0.2) is 30.3 Å². The maximum Gasteiger partial charge on any atom is 0.409 e. The molecule has 104 valence electrons. The third kappa shape index (κ3) is 3.99. The Morgan fingerprint density at radius 3 is 2.42 bits per heavy atom. The lowest BCUT2D eigenvalue weighted by Gasteiger charge is -2.10. The van der Waals surface area contributed by atoms with E-state index in [1.807, 2.05) is 0 Å². The number of halogens is 3. The second-order valence-corrected chi connectivity index (χ2v) is 6.27. The molecule has 1 saturated carbocycles. The number of sulfonamides is 1. The van der Waals surface area contributed by atoms with Crippen LogP contribution in [0.2, 0.25) is 0 Å². The van der Waals surface area contributed by atoms with Crippen LogP contribution in [0.1, 0.15) is 18.4 Å². The van der Waals surface area contributed by atoms with E-state index in [9.17, 15) is 21.6 Å². The minimum atomic E-state index is -4.43. The van der Waals surface area contributed by atoms with Crippen molar-refractivity contribution in [3.63, 3.8) is 0 Å². The SMILES string of the molecule is O=S(=O)(Nc1ccccc1/C=C/C(F)(F)F)C1CC1. The van der Waals surface area contributed by atoms with Gasteiger partial charge in [0.2, 0.25) is 10.0 Å². The number of hydrogen-bond acceptors (Lipinski definition) is 2. The zero-order chi connectivity index (χ0) is 14.1. The van der Waals surface area contributed by atoms with Crippen LogP contribution >= 0.6 is 0 Å². The van der Waals surface area contributed by atoms with Gasteiger partial charge in [-0.3, -0.25) is 4.72 Å². The lowest BCUT2D eigenvalue weighted by molar-refractivity contribution is -0.0790. The van der Waals surface area contributed by atoms with Gasteiger partial charge < -0.3 is 0 Å². The summed E-state index contributed by atoms with van der Waals surface area (Å²) in [5.74, 6) is 0. The summed E-state index contributed by atoms with van der Waals surface area (Å²) in [5.41, 5.74) is 0.346. The van der Waals surface area contributed by atoms with Gasteiger partial charge in [-0.2, -0.15) is 13.2 Å². The van der Waals surface area contributed by atoms with Crippen molar-refractivity contribution >= 4 is 21.8 Å². The van der Waals surface area contributed by atoms with Gasteiger partial charge in [0.25, 0.3) is 0 Å². The van der Waals surface area contributed by atoms with E-state index >= 15 is 0 Å². The Balaban J connectivity index is 2.24. The van der Waals surface area contributed by atoms with Crippen molar-refractivity contribution in [2.75, 3.05) is 4.72 Å². The summed E-state index contributed by atoms with van der Waals surface area (Å²) in [4.78, 5) is 0. The summed E-state index contributed by atoms with van der Waals surface area (Å²) >= 11 is 0. The van der Waals surface area contributed by atoms with Crippen molar-refractivity contribution in [2.24, 2.45) is 0 Å². The smallest absolute Gasteiger partial charge is 0.283 e. The molecule has 0 aromatic heterocycles. The van der Waals surface area contributed by atoms with Crippen molar-refractivity contribution in [2.45, 2.75) is 24.3 Å². The normalized spacial score (nSPS) is 16.8. The van der Waals surface area contributed by atoms with E-state index in [2.05, 4.69) is 4.72 Å². The van der Waals surface area contributed by atoms with Crippen LogP contribution in [-0.2, 0) is 10.0 Å². The molecular formula is C12H12F3NO2S. The van der Waals surface area contributed by atoms with E-state index in [-0.39, 0.29) is 17.3 Å². The second-order valence-electron chi connectivity index (χ2n) is 4.31.